The normalized spacial score (nSPS) is 41.7. The van der Waals surface area contributed by atoms with E-state index in [2.05, 4.69) is 27.4 Å². The van der Waals surface area contributed by atoms with E-state index in [1.807, 2.05) is 19.9 Å². The monoisotopic (exact) mass is 352 g/mol. The van der Waals surface area contributed by atoms with Gasteiger partial charge in [0.25, 0.3) is 0 Å². The lowest BCUT2D eigenvalue weighted by Crippen LogP contribution is -2.62. The Labute approximate surface area is 153 Å². The minimum Gasteiger partial charge on any atom is -0.469 e. The van der Waals surface area contributed by atoms with E-state index in [0.29, 0.717) is 18.8 Å². The molecule has 0 radical (unpaired) electrons. The van der Waals surface area contributed by atoms with Gasteiger partial charge in [0, 0.05) is 6.42 Å². The minimum atomic E-state index is -0.786. The van der Waals surface area contributed by atoms with Crippen LogP contribution in [0, 0.1) is 17.3 Å². The highest BCUT2D eigenvalue weighted by Gasteiger charge is 2.60. The molecule has 0 amide bonds. The predicted molar refractivity (Wildman–Crippen MR) is 99.2 cm³/mol. The van der Waals surface area contributed by atoms with Crippen LogP contribution in [0.4, 0.5) is 0 Å². The van der Waals surface area contributed by atoms with E-state index < -0.39 is 5.60 Å². The molecule has 2 fully saturated rings. The number of hydrogen-bond donors (Lipinski definition) is 1. The van der Waals surface area contributed by atoms with Crippen molar-refractivity contribution in [1.82, 2.24) is 0 Å². The van der Waals surface area contributed by atoms with Crippen molar-refractivity contribution >= 4 is 5.97 Å². The molecule has 1 saturated heterocycles. The molecular formula is C21H36O4. The molecule has 2 rings (SSSR count). The molecule has 1 heterocycles. The van der Waals surface area contributed by atoms with Crippen LogP contribution in [0.5, 0.6) is 0 Å². The molecule has 4 nitrogen and oxygen atoms in total. The van der Waals surface area contributed by atoms with E-state index in [1.165, 1.54) is 7.11 Å². The van der Waals surface area contributed by atoms with Crippen LogP contribution in [0.1, 0.15) is 73.1 Å². The summed E-state index contributed by atoms with van der Waals surface area (Å²) in [5.41, 5.74) is -1.52. The number of esters is 1. The van der Waals surface area contributed by atoms with E-state index in [0.717, 1.165) is 25.7 Å². The Bertz CT molecular complexity index is 522. The summed E-state index contributed by atoms with van der Waals surface area (Å²) >= 11 is 0. The molecule has 2 aliphatic rings. The number of aliphatic hydroxyl groups is 1. The lowest BCUT2D eigenvalue weighted by molar-refractivity contribution is -0.252. The summed E-state index contributed by atoms with van der Waals surface area (Å²) in [4.78, 5) is 11.8. The van der Waals surface area contributed by atoms with Gasteiger partial charge in [-0.05, 0) is 77.0 Å². The molecule has 1 aliphatic carbocycles. The third kappa shape index (κ3) is 3.80. The topological polar surface area (TPSA) is 55.8 Å². The summed E-state index contributed by atoms with van der Waals surface area (Å²) in [5.74, 6) is 0.234. The Morgan fingerprint density at radius 3 is 2.48 bits per heavy atom. The van der Waals surface area contributed by atoms with Crippen LogP contribution < -0.4 is 0 Å². The molecule has 144 valence electrons. The number of ether oxygens (including phenoxy) is 2. The largest absolute Gasteiger partial charge is 0.469 e. The molecule has 4 heteroatoms. The zero-order chi connectivity index (χ0) is 19.1. The van der Waals surface area contributed by atoms with Crippen molar-refractivity contribution < 1.29 is 19.4 Å². The molecule has 0 aromatic carbocycles. The summed E-state index contributed by atoms with van der Waals surface area (Å²) in [6.45, 7) is 14.3. The second kappa shape index (κ2) is 6.70. The summed E-state index contributed by atoms with van der Waals surface area (Å²) in [6.07, 6.45) is 6.76. The zero-order valence-corrected chi connectivity index (χ0v) is 16.9. The Balaban J connectivity index is 2.37. The van der Waals surface area contributed by atoms with Crippen LogP contribution >= 0.6 is 0 Å². The van der Waals surface area contributed by atoms with Gasteiger partial charge in [-0.1, -0.05) is 13.0 Å². The second-order valence-corrected chi connectivity index (χ2v) is 9.35. The quantitative estimate of drug-likeness (QED) is 0.593. The van der Waals surface area contributed by atoms with Gasteiger partial charge in [0.15, 0.2) is 0 Å². The molecule has 0 aromatic rings. The van der Waals surface area contributed by atoms with Crippen molar-refractivity contribution in [2.45, 2.75) is 89.9 Å². The van der Waals surface area contributed by atoms with E-state index in [9.17, 15) is 9.90 Å². The molecule has 5 atom stereocenters. The van der Waals surface area contributed by atoms with Crippen LogP contribution in [0.25, 0.3) is 0 Å². The number of hydrogen-bond acceptors (Lipinski definition) is 4. The van der Waals surface area contributed by atoms with Gasteiger partial charge in [-0.15, -0.1) is 6.58 Å². The number of fused-ring (bicyclic) bond motifs is 1. The minimum absolute atomic E-state index is 0.124. The van der Waals surface area contributed by atoms with Crippen LogP contribution in [0.3, 0.4) is 0 Å². The van der Waals surface area contributed by atoms with Crippen molar-refractivity contribution in [3.63, 3.8) is 0 Å². The first-order valence-electron chi connectivity index (χ1n) is 9.53. The van der Waals surface area contributed by atoms with Gasteiger partial charge in [0.2, 0.25) is 0 Å². The SMILES string of the molecule is C=C[C@@]1(C)CC[C@H]2[C@](C)(CCC(=O)OC)[C@@H](C(C)(C)O)CC[C@]2(C)O1. The molecule has 0 unspecified atom stereocenters. The maximum absolute atomic E-state index is 11.8. The van der Waals surface area contributed by atoms with Crippen molar-refractivity contribution in [2.24, 2.45) is 17.3 Å². The molecular weight excluding hydrogens is 316 g/mol. The fourth-order valence-corrected chi connectivity index (χ4v) is 5.77. The van der Waals surface area contributed by atoms with Gasteiger partial charge in [0.1, 0.15) is 0 Å². The van der Waals surface area contributed by atoms with Crippen molar-refractivity contribution in [2.75, 3.05) is 7.11 Å². The first kappa shape index (κ1) is 20.4. The Kier molecular flexibility index (Phi) is 5.48. The van der Waals surface area contributed by atoms with Gasteiger partial charge in [-0.2, -0.15) is 0 Å². The predicted octanol–water partition coefficient (Wildman–Crippen LogP) is 4.26. The number of rotatable bonds is 5. The highest BCUT2D eigenvalue weighted by atomic mass is 16.5. The van der Waals surface area contributed by atoms with Gasteiger partial charge < -0.3 is 14.6 Å². The van der Waals surface area contributed by atoms with Crippen LogP contribution in [0.15, 0.2) is 12.7 Å². The third-order valence-corrected chi connectivity index (χ3v) is 7.03. The molecule has 25 heavy (non-hydrogen) atoms. The Morgan fingerprint density at radius 2 is 1.96 bits per heavy atom. The average Bonchev–Trinajstić information content (AvgIpc) is 2.50. The molecule has 1 saturated carbocycles. The van der Waals surface area contributed by atoms with E-state index in [4.69, 9.17) is 9.47 Å². The molecule has 0 spiro atoms. The molecule has 0 aromatic heterocycles. The highest BCUT2D eigenvalue weighted by Crippen LogP contribution is 2.61. The average molecular weight is 353 g/mol. The zero-order valence-electron chi connectivity index (χ0n) is 16.9. The Hall–Kier alpha value is -0.870. The Morgan fingerprint density at radius 1 is 1.32 bits per heavy atom. The standard InChI is InChI=1S/C21H36O4/c1-8-19(4)12-9-16-20(5,13-11-17(22)24-7)15(18(2,3)23)10-14-21(16,6)25-19/h8,15-16,23H,1,9-14H2,2-7H3/t15-,16+,19+,20-,21+/m1/s1. The summed E-state index contributed by atoms with van der Waals surface area (Å²) < 4.78 is 11.5. The van der Waals surface area contributed by atoms with Crippen molar-refractivity contribution in [3.05, 3.63) is 12.7 Å². The van der Waals surface area contributed by atoms with Gasteiger partial charge >= 0.3 is 5.97 Å². The molecule has 1 aliphatic heterocycles. The van der Waals surface area contributed by atoms with Crippen LogP contribution in [-0.2, 0) is 14.3 Å². The lowest BCUT2D eigenvalue weighted by Gasteiger charge is -2.62. The first-order chi connectivity index (χ1) is 11.4. The van der Waals surface area contributed by atoms with E-state index >= 15 is 0 Å². The maximum Gasteiger partial charge on any atom is 0.305 e. The molecule has 1 N–H and O–H groups in total. The summed E-state index contributed by atoms with van der Waals surface area (Å²) in [7, 11) is 1.43. The first-order valence-corrected chi connectivity index (χ1v) is 9.53. The highest BCUT2D eigenvalue weighted by molar-refractivity contribution is 5.69. The van der Waals surface area contributed by atoms with Gasteiger partial charge in [0.05, 0.1) is 23.9 Å². The number of methoxy groups -OCH3 is 1. The fraction of sp³-hybridized carbons (Fsp3) is 0.857. The lowest BCUT2D eigenvalue weighted by atomic mass is 9.49. The fourth-order valence-electron chi connectivity index (χ4n) is 5.77. The third-order valence-electron chi connectivity index (χ3n) is 7.03. The summed E-state index contributed by atoms with van der Waals surface area (Å²) in [5, 5.41) is 10.9. The van der Waals surface area contributed by atoms with Crippen molar-refractivity contribution in [1.29, 1.82) is 0 Å². The summed E-state index contributed by atoms with van der Waals surface area (Å²) in [6, 6.07) is 0. The molecule has 0 bridgehead atoms. The second-order valence-electron chi connectivity index (χ2n) is 9.35. The van der Waals surface area contributed by atoms with Crippen LogP contribution in [-0.4, -0.2) is 35.0 Å². The van der Waals surface area contributed by atoms with Crippen LogP contribution in [0.2, 0.25) is 0 Å². The number of carbonyl (C=O) groups excluding carboxylic acids is 1. The number of carbonyl (C=O) groups is 1. The van der Waals surface area contributed by atoms with Gasteiger partial charge in [-0.3, -0.25) is 4.79 Å². The van der Waals surface area contributed by atoms with E-state index in [1.54, 1.807) is 0 Å². The smallest absolute Gasteiger partial charge is 0.305 e. The van der Waals surface area contributed by atoms with Gasteiger partial charge in [-0.25, -0.2) is 0 Å². The maximum atomic E-state index is 11.8. The van der Waals surface area contributed by atoms with E-state index in [-0.39, 0.29) is 28.5 Å². The van der Waals surface area contributed by atoms with Crippen molar-refractivity contribution in [3.8, 4) is 0 Å².